The van der Waals surface area contributed by atoms with Crippen molar-refractivity contribution in [2.75, 3.05) is 0 Å². The summed E-state index contributed by atoms with van der Waals surface area (Å²) in [5.41, 5.74) is 4.38. The molecule has 25 heavy (non-hydrogen) atoms. The fourth-order valence-corrected chi connectivity index (χ4v) is 3.30. The highest BCUT2D eigenvalue weighted by Gasteiger charge is 2.12. The van der Waals surface area contributed by atoms with Crippen molar-refractivity contribution in [1.29, 1.82) is 0 Å². The minimum atomic E-state index is -0.0476. The Morgan fingerprint density at radius 1 is 1.12 bits per heavy atom. The Morgan fingerprint density at radius 3 is 2.48 bits per heavy atom. The van der Waals surface area contributed by atoms with Gasteiger partial charge in [-0.25, -0.2) is 0 Å². The van der Waals surface area contributed by atoms with E-state index in [2.05, 4.69) is 19.6 Å². The normalized spacial score (nSPS) is 11.6. The molecular weight excluding hydrogens is 328 g/mol. The summed E-state index contributed by atoms with van der Waals surface area (Å²) >= 11 is 4.52. The number of aryl methyl sites for hydroxylation is 1. The van der Waals surface area contributed by atoms with Crippen LogP contribution in [0.1, 0.15) is 67.1 Å². The molecule has 132 valence electrons. The van der Waals surface area contributed by atoms with Crippen molar-refractivity contribution in [3.63, 3.8) is 0 Å². The molecule has 2 aromatic rings. The number of unbranched alkanes of at least 4 members (excludes halogenated alkanes) is 2. The number of rotatable bonds is 7. The molecule has 0 atom stereocenters. The van der Waals surface area contributed by atoms with E-state index >= 15 is 0 Å². The van der Waals surface area contributed by atoms with E-state index in [-0.39, 0.29) is 11.5 Å². The Morgan fingerprint density at radius 2 is 1.84 bits per heavy atom. The number of benzene rings is 2. The number of hydrogen-bond acceptors (Lipinski definition) is 3. The number of ketones is 1. The average Bonchev–Trinajstić information content (AvgIpc) is 2.57. The Kier molecular flexibility index (Phi) is 6.89. The maximum absolute atomic E-state index is 12.0. The molecule has 0 radical (unpaired) electrons. The molecule has 0 amide bonds. The number of Topliss-reactive ketones (excluding diaryl/α,β-unsaturated/α-hetero) is 1. The van der Waals surface area contributed by atoms with E-state index in [9.17, 15) is 9.90 Å². The summed E-state index contributed by atoms with van der Waals surface area (Å²) in [4.78, 5) is 12.9. The van der Waals surface area contributed by atoms with Crippen LogP contribution in [-0.4, -0.2) is 10.9 Å². The average molecular weight is 355 g/mol. The van der Waals surface area contributed by atoms with Crippen LogP contribution in [0, 0.1) is 0 Å². The van der Waals surface area contributed by atoms with Gasteiger partial charge in [0.25, 0.3) is 0 Å². The van der Waals surface area contributed by atoms with Crippen LogP contribution >= 0.6 is 12.6 Å². The summed E-state index contributed by atoms with van der Waals surface area (Å²) in [6.07, 6.45) is 6.13. The predicted molar refractivity (Wildman–Crippen MR) is 109 cm³/mol. The Balaban J connectivity index is 2.46. The zero-order chi connectivity index (χ0) is 18.4. The second kappa shape index (κ2) is 8.91. The summed E-state index contributed by atoms with van der Waals surface area (Å²) in [6.45, 7) is 5.71. The molecule has 0 aliphatic rings. The minimum absolute atomic E-state index is 0.0476. The van der Waals surface area contributed by atoms with Gasteiger partial charge >= 0.3 is 0 Å². The molecule has 0 saturated carbocycles. The van der Waals surface area contributed by atoms with Crippen LogP contribution in [0.2, 0.25) is 0 Å². The lowest BCUT2D eigenvalue weighted by atomic mass is 9.94. The highest BCUT2D eigenvalue weighted by molar-refractivity contribution is 7.80. The van der Waals surface area contributed by atoms with Gasteiger partial charge in [0.05, 0.1) is 0 Å². The molecule has 0 unspecified atom stereocenters. The second-order valence-corrected chi connectivity index (χ2v) is 6.91. The molecule has 2 nitrogen and oxygen atoms in total. The Bertz CT molecular complexity index is 791. The van der Waals surface area contributed by atoms with E-state index in [0.29, 0.717) is 5.56 Å². The van der Waals surface area contributed by atoms with E-state index < -0.39 is 0 Å². The number of phenols is 1. The summed E-state index contributed by atoms with van der Waals surface area (Å²) in [5, 5.41) is 10.3. The smallest absolute Gasteiger partial charge is 0.160 e. The van der Waals surface area contributed by atoms with Crippen molar-refractivity contribution in [2.24, 2.45) is 0 Å². The van der Waals surface area contributed by atoms with Gasteiger partial charge < -0.3 is 5.11 Å². The summed E-state index contributed by atoms with van der Waals surface area (Å²) < 4.78 is 0. The fourth-order valence-electron chi connectivity index (χ4n) is 2.96. The zero-order valence-corrected chi connectivity index (χ0v) is 16.1. The van der Waals surface area contributed by atoms with Gasteiger partial charge in [0.2, 0.25) is 0 Å². The molecule has 3 heteroatoms. The van der Waals surface area contributed by atoms with Gasteiger partial charge in [0.15, 0.2) is 5.78 Å². The lowest BCUT2D eigenvalue weighted by Crippen LogP contribution is -1.99. The first-order valence-electron chi connectivity index (χ1n) is 8.77. The fraction of sp³-hybridized carbons (Fsp3) is 0.318. The van der Waals surface area contributed by atoms with E-state index in [1.807, 2.05) is 43.3 Å². The Hall–Kier alpha value is -2.00. The van der Waals surface area contributed by atoms with Gasteiger partial charge in [-0.15, -0.1) is 12.6 Å². The van der Waals surface area contributed by atoms with E-state index in [1.54, 1.807) is 6.07 Å². The van der Waals surface area contributed by atoms with Crippen molar-refractivity contribution in [1.82, 2.24) is 0 Å². The largest absolute Gasteiger partial charge is 0.508 e. The van der Waals surface area contributed by atoms with Crippen molar-refractivity contribution < 1.29 is 9.90 Å². The first-order chi connectivity index (χ1) is 11.9. The maximum atomic E-state index is 12.0. The number of phenolic OH excluding ortho intramolecular Hbond substituents is 1. The van der Waals surface area contributed by atoms with Crippen LogP contribution in [0.25, 0.3) is 11.6 Å². The molecule has 0 aliphatic heterocycles. The molecule has 0 heterocycles. The van der Waals surface area contributed by atoms with Crippen LogP contribution in [0.15, 0.2) is 41.3 Å². The van der Waals surface area contributed by atoms with Crippen molar-refractivity contribution >= 4 is 30.1 Å². The van der Waals surface area contributed by atoms with Crippen molar-refractivity contribution in [3.05, 3.63) is 58.7 Å². The van der Waals surface area contributed by atoms with Crippen LogP contribution in [0.4, 0.5) is 0 Å². The van der Waals surface area contributed by atoms with Crippen LogP contribution in [-0.2, 0) is 6.42 Å². The third kappa shape index (κ3) is 4.99. The van der Waals surface area contributed by atoms with Crippen molar-refractivity contribution in [2.45, 2.75) is 51.3 Å². The number of carbonyl (C=O) groups excluding carboxylic acids is 1. The first-order valence-corrected chi connectivity index (χ1v) is 9.22. The van der Waals surface area contributed by atoms with Crippen LogP contribution in [0.3, 0.4) is 0 Å². The van der Waals surface area contributed by atoms with Gasteiger partial charge in [-0.05, 0) is 67.2 Å². The zero-order valence-electron chi connectivity index (χ0n) is 15.2. The standard InChI is InChI=1S/C22H26O2S/c1-4-5-6-9-17-13-18(20(16(3)23)14-21(17)24)12-15(2)19-10-7-8-11-22(19)25/h7-8,10-14,24-25H,4-6,9H2,1-3H3. The summed E-state index contributed by atoms with van der Waals surface area (Å²) in [6, 6.07) is 11.5. The molecule has 2 aromatic carbocycles. The van der Waals surface area contributed by atoms with E-state index in [0.717, 1.165) is 52.8 Å². The lowest BCUT2D eigenvalue weighted by molar-refractivity contribution is 0.101. The molecule has 0 bridgehead atoms. The third-order valence-corrected chi connectivity index (χ3v) is 4.77. The number of hydrogen-bond donors (Lipinski definition) is 2. The van der Waals surface area contributed by atoms with Gasteiger partial charge in [-0.2, -0.15) is 0 Å². The molecule has 1 N–H and O–H groups in total. The van der Waals surface area contributed by atoms with Crippen LogP contribution < -0.4 is 0 Å². The molecule has 0 aliphatic carbocycles. The molecule has 0 spiro atoms. The van der Waals surface area contributed by atoms with Gasteiger partial charge in [-0.3, -0.25) is 4.79 Å². The molecule has 2 rings (SSSR count). The SMILES string of the molecule is CCCCCc1cc(C=C(C)c2ccccc2S)c(C(C)=O)cc1O. The molecule has 0 saturated heterocycles. The number of thiol groups is 1. The predicted octanol–water partition coefficient (Wildman–Crippen LogP) is 6.18. The number of aromatic hydroxyl groups is 1. The summed E-state index contributed by atoms with van der Waals surface area (Å²) in [5.74, 6) is 0.166. The highest BCUT2D eigenvalue weighted by Crippen LogP contribution is 2.29. The molecule has 0 aromatic heterocycles. The lowest BCUT2D eigenvalue weighted by Gasteiger charge is -2.12. The van der Waals surface area contributed by atoms with Crippen molar-refractivity contribution in [3.8, 4) is 5.75 Å². The number of allylic oxidation sites excluding steroid dienone is 1. The number of carbonyl (C=O) groups is 1. The topological polar surface area (TPSA) is 37.3 Å². The quantitative estimate of drug-likeness (QED) is 0.270. The van der Waals surface area contributed by atoms with Gasteiger partial charge in [-0.1, -0.05) is 44.0 Å². The maximum Gasteiger partial charge on any atom is 0.160 e. The molecule has 0 fully saturated rings. The van der Waals surface area contributed by atoms with Gasteiger partial charge in [0, 0.05) is 10.5 Å². The second-order valence-electron chi connectivity index (χ2n) is 6.43. The highest BCUT2D eigenvalue weighted by atomic mass is 32.1. The Labute approximate surface area is 156 Å². The third-order valence-electron chi connectivity index (χ3n) is 4.38. The van der Waals surface area contributed by atoms with Crippen LogP contribution in [0.5, 0.6) is 5.75 Å². The molecular formula is C22H26O2S. The summed E-state index contributed by atoms with van der Waals surface area (Å²) in [7, 11) is 0. The van der Waals surface area contributed by atoms with E-state index in [1.165, 1.54) is 6.92 Å². The monoisotopic (exact) mass is 354 g/mol. The van der Waals surface area contributed by atoms with E-state index in [4.69, 9.17) is 0 Å². The first kappa shape index (κ1) is 19.3. The van der Waals surface area contributed by atoms with Gasteiger partial charge in [0.1, 0.15) is 5.75 Å². The minimum Gasteiger partial charge on any atom is -0.508 e.